The van der Waals surface area contributed by atoms with E-state index in [-0.39, 0.29) is 17.5 Å². The summed E-state index contributed by atoms with van der Waals surface area (Å²) >= 11 is 0. The van der Waals surface area contributed by atoms with Gasteiger partial charge in [0.05, 0.1) is 0 Å². The number of nitrogens with zero attached hydrogens (tertiary/aromatic N) is 1. The lowest BCUT2D eigenvalue weighted by molar-refractivity contribution is 0.0621. The molecule has 7 nitrogen and oxygen atoms in total. The highest BCUT2D eigenvalue weighted by atomic mass is 16.2. The van der Waals surface area contributed by atoms with Gasteiger partial charge in [-0.3, -0.25) is 14.6 Å². The summed E-state index contributed by atoms with van der Waals surface area (Å²) in [5.41, 5.74) is 4.31. The van der Waals surface area contributed by atoms with Crippen LogP contribution in [0.1, 0.15) is 29.6 Å². The van der Waals surface area contributed by atoms with Crippen LogP contribution in [0.2, 0.25) is 0 Å². The minimum Gasteiger partial charge on any atom is -0.334 e. The van der Waals surface area contributed by atoms with Crippen LogP contribution >= 0.6 is 0 Å². The number of likely N-dealkylation sites (tertiary alicyclic amines) is 1. The normalized spacial score (nSPS) is 19.8. The van der Waals surface area contributed by atoms with Gasteiger partial charge in [-0.05, 0) is 19.3 Å². The van der Waals surface area contributed by atoms with Crippen LogP contribution in [0.3, 0.4) is 0 Å². The van der Waals surface area contributed by atoms with Gasteiger partial charge in [0.2, 0.25) is 0 Å². The number of aromatic nitrogens is 2. The number of carbonyl (C=O) groups excluding carboxylic acids is 1. The van der Waals surface area contributed by atoms with Crippen molar-refractivity contribution >= 4 is 5.91 Å². The highest BCUT2D eigenvalue weighted by Crippen LogP contribution is 2.17. The van der Waals surface area contributed by atoms with Gasteiger partial charge in [0.25, 0.3) is 11.5 Å². The van der Waals surface area contributed by atoms with Crippen LogP contribution in [-0.4, -0.2) is 39.9 Å². The molecular weight excluding hydrogens is 236 g/mol. The SMILES string of the molecule is NCC1CCCCN1C(=O)c1c[nH]c(=O)[nH]c1=O. The van der Waals surface area contributed by atoms with Gasteiger partial charge in [-0.1, -0.05) is 0 Å². The molecule has 1 fully saturated rings. The molecule has 1 aliphatic heterocycles. The van der Waals surface area contributed by atoms with Crippen molar-refractivity contribution in [1.82, 2.24) is 14.9 Å². The van der Waals surface area contributed by atoms with Gasteiger partial charge >= 0.3 is 5.69 Å². The number of H-pyrrole nitrogens is 2. The molecule has 7 heteroatoms. The molecule has 1 aliphatic rings. The molecule has 2 rings (SSSR count). The molecule has 1 unspecified atom stereocenters. The van der Waals surface area contributed by atoms with Crippen LogP contribution in [-0.2, 0) is 0 Å². The maximum absolute atomic E-state index is 12.2. The second-order valence-electron chi connectivity index (χ2n) is 4.37. The zero-order chi connectivity index (χ0) is 13.1. The van der Waals surface area contributed by atoms with E-state index >= 15 is 0 Å². The molecule has 4 N–H and O–H groups in total. The first kappa shape index (κ1) is 12.6. The first-order valence-electron chi connectivity index (χ1n) is 5.96. The Hall–Kier alpha value is -1.89. The lowest BCUT2D eigenvalue weighted by atomic mass is 10.0. The summed E-state index contributed by atoms with van der Waals surface area (Å²) in [5.74, 6) is -0.373. The van der Waals surface area contributed by atoms with Crippen LogP contribution in [0.15, 0.2) is 15.8 Å². The Bertz CT molecular complexity index is 548. The van der Waals surface area contributed by atoms with Crippen molar-refractivity contribution in [2.45, 2.75) is 25.3 Å². The predicted molar refractivity (Wildman–Crippen MR) is 65.4 cm³/mol. The predicted octanol–water partition coefficient (Wildman–Crippen LogP) is -0.983. The van der Waals surface area contributed by atoms with Crippen molar-refractivity contribution in [3.05, 3.63) is 32.6 Å². The van der Waals surface area contributed by atoms with Crippen LogP contribution in [0, 0.1) is 0 Å². The van der Waals surface area contributed by atoms with Gasteiger partial charge in [-0.15, -0.1) is 0 Å². The molecule has 0 radical (unpaired) electrons. The fourth-order valence-electron chi connectivity index (χ4n) is 2.24. The summed E-state index contributed by atoms with van der Waals surface area (Å²) in [5, 5.41) is 0. The summed E-state index contributed by atoms with van der Waals surface area (Å²) in [4.78, 5) is 40.7. The largest absolute Gasteiger partial charge is 0.334 e. The van der Waals surface area contributed by atoms with Gasteiger partial charge in [-0.2, -0.15) is 0 Å². The Labute approximate surface area is 103 Å². The van der Waals surface area contributed by atoms with Crippen molar-refractivity contribution in [3.8, 4) is 0 Å². The monoisotopic (exact) mass is 252 g/mol. The Morgan fingerprint density at radius 2 is 2.22 bits per heavy atom. The maximum atomic E-state index is 12.2. The van der Waals surface area contributed by atoms with Crippen molar-refractivity contribution in [3.63, 3.8) is 0 Å². The molecule has 0 aliphatic carbocycles. The summed E-state index contributed by atoms with van der Waals surface area (Å²) < 4.78 is 0. The van der Waals surface area contributed by atoms with Crippen molar-refractivity contribution in [2.75, 3.05) is 13.1 Å². The van der Waals surface area contributed by atoms with Gasteiger partial charge in [0.1, 0.15) is 5.56 Å². The number of hydrogen-bond donors (Lipinski definition) is 3. The third kappa shape index (κ3) is 2.35. The Morgan fingerprint density at radius 1 is 1.44 bits per heavy atom. The zero-order valence-electron chi connectivity index (χ0n) is 9.94. The molecule has 2 heterocycles. The standard InChI is InChI=1S/C11H16N4O3/c12-5-7-3-1-2-4-15(7)10(17)8-6-13-11(18)14-9(8)16/h6-7H,1-5,12H2,(H2,13,14,16,18). The van der Waals surface area contributed by atoms with Gasteiger partial charge < -0.3 is 15.6 Å². The lowest BCUT2D eigenvalue weighted by Gasteiger charge is -2.34. The van der Waals surface area contributed by atoms with Gasteiger partial charge in [-0.25, -0.2) is 4.79 Å². The molecular formula is C11H16N4O3. The average molecular weight is 252 g/mol. The number of nitrogens with two attached hydrogens (primary N) is 1. The molecule has 0 saturated carbocycles. The molecule has 0 bridgehead atoms. The molecule has 1 amide bonds. The fourth-order valence-corrected chi connectivity index (χ4v) is 2.24. The quantitative estimate of drug-likeness (QED) is 0.627. The summed E-state index contributed by atoms with van der Waals surface area (Å²) in [6, 6.07) is -0.0300. The highest BCUT2D eigenvalue weighted by molar-refractivity contribution is 5.93. The number of carbonyl (C=O) groups is 1. The van der Waals surface area contributed by atoms with E-state index in [1.165, 1.54) is 0 Å². The van der Waals surface area contributed by atoms with Crippen LogP contribution in [0.4, 0.5) is 0 Å². The summed E-state index contributed by atoms with van der Waals surface area (Å²) in [7, 11) is 0. The molecule has 98 valence electrons. The zero-order valence-corrected chi connectivity index (χ0v) is 9.94. The van der Waals surface area contributed by atoms with E-state index in [9.17, 15) is 14.4 Å². The first-order chi connectivity index (χ1) is 8.63. The van der Waals surface area contributed by atoms with Crippen LogP contribution < -0.4 is 17.0 Å². The number of amides is 1. The van der Waals surface area contributed by atoms with E-state index in [2.05, 4.69) is 4.98 Å². The molecule has 1 aromatic heterocycles. The number of hydrogen-bond acceptors (Lipinski definition) is 4. The van der Waals surface area contributed by atoms with E-state index in [1.54, 1.807) is 4.90 Å². The highest BCUT2D eigenvalue weighted by Gasteiger charge is 2.27. The number of rotatable bonds is 2. The second kappa shape index (κ2) is 5.18. The van der Waals surface area contributed by atoms with Crippen LogP contribution in [0.5, 0.6) is 0 Å². The fraction of sp³-hybridized carbons (Fsp3) is 0.545. The molecule has 0 aromatic carbocycles. The second-order valence-corrected chi connectivity index (χ2v) is 4.37. The van der Waals surface area contributed by atoms with E-state index in [4.69, 9.17) is 5.73 Å². The topological polar surface area (TPSA) is 112 Å². The number of nitrogens with one attached hydrogen (secondary N) is 2. The molecule has 0 spiro atoms. The Kier molecular flexibility index (Phi) is 3.61. The maximum Gasteiger partial charge on any atom is 0.325 e. The Balaban J connectivity index is 2.29. The van der Waals surface area contributed by atoms with E-state index < -0.39 is 11.2 Å². The minimum atomic E-state index is -0.662. The number of aromatic amines is 2. The lowest BCUT2D eigenvalue weighted by Crippen LogP contribution is -2.49. The van der Waals surface area contributed by atoms with E-state index in [0.29, 0.717) is 13.1 Å². The van der Waals surface area contributed by atoms with Crippen molar-refractivity contribution in [2.24, 2.45) is 5.73 Å². The van der Waals surface area contributed by atoms with E-state index in [1.807, 2.05) is 4.98 Å². The molecule has 18 heavy (non-hydrogen) atoms. The summed E-state index contributed by atoms with van der Waals surface area (Å²) in [6.07, 6.45) is 3.95. The Morgan fingerprint density at radius 3 is 2.89 bits per heavy atom. The smallest absolute Gasteiger partial charge is 0.325 e. The number of piperidine rings is 1. The van der Waals surface area contributed by atoms with Gasteiger partial charge in [0.15, 0.2) is 0 Å². The third-order valence-corrected chi connectivity index (χ3v) is 3.21. The third-order valence-electron chi connectivity index (χ3n) is 3.21. The van der Waals surface area contributed by atoms with Crippen LogP contribution in [0.25, 0.3) is 0 Å². The first-order valence-corrected chi connectivity index (χ1v) is 5.96. The molecule has 1 saturated heterocycles. The molecule has 1 aromatic rings. The average Bonchev–Trinajstić information content (AvgIpc) is 2.38. The summed E-state index contributed by atoms with van der Waals surface area (Å²) in [6.45, 7) is 0.978. The van der Waals surface area contributed by atoms with E-state index in [0.717, 1.165) is 25.5 Å². The van der Waals surface area contributed by atoms with Crippen molar-refractivity contribution < 1.29 is 4.79 Å². The minimum absolute atomic E-state index is 0.0300. The molecule has 1 atom stereocenters. The van der Waals surface area contributed by atoms with Crippen molar-refractivity contribution in [1.29, 1.82) is 0 Å². The van der Waals surface area contributed by atoms with Gasteiger partial charge in [0, 0.05) is 25.3 Å².